The Morgan fingerprint density at radius 3 is 2.81 bits per heavy atom. The van der Waals surface area contributed by atoms with Crippen molar-refractivity contribution < 1.29 is 4.79 Å². The molecule has 2 aromatic carbocycles. The van der Waals surface area contributed by atoms with Crippen LogP contribution in [0.1, 0.15) is 34.3 Å². The lowest BCUT2D eigenvalue weighted by Gasteiger charge is -2.18. The highest BCUT2D eigenvalue weighted by atomic mass is 16.2. The number of rotatable bonds is 3. The first kappa shape index (κ1) is 16.6. The van der Waals surface area contributed by atoms with Crippen molar-refractivity contribution in [2.45, 2.75) is 31.8 Å². The Kier molecular flexibility index (Phi) is 3.83. The van der Waals surface area contributed by atoms with Crippen LogP contribution in [0.3, 0.4) is 0 Å². The molecule has 2 aliphatic heterocycles. The Morgan fingerprint density at radius 2 is 2.00 bits per heavy atom. The minimum absolute atomic E-state index is 0.125. The van der Waals surface area contributed by atoms with Crippen molar-refractivity contribution in [3.8, 4) is 11.1 Å². The van der Waals surface area contributed by atoms with E-state index >= 15 is 0 Å². The number of carbonyl (C=O) groups excluding carboxylic acids is 1. The fourth-order valence-electron chi connectivity index (χ4n) is 4.75. The number of hydrogen-bond acceptors (Lipinski definition) is 2. The number of likely N-dealkylation sites (N-methyl/N-ethyl adjacent to an activating group) is 1. The average molecular weight is 359 g/mol. The van der Waals surface area contributed by atoms with E-state index in [2.05, 4.69) is 47.4 Å². The minimum Gasteiger partial charge on any atom is -0.361 e. The second kappa shape index (κ2) is 6.24. The van der Waals surface area contributed by atoms with E-state index in [0.29, 0.717) is 12.6 Å². The molecule has 27 heavy (non-hydrogen) atoms. The van der Waals surface area contributed by atoms with Gasteiger partial charge < -0.3 is 14.8 Å². The van der Waals surface area contributed by atoms with Gasteiger partial charge in [0.2, 0.25) is 0 Å². The first-order chi connectivity index (χ1) is 13.1. The van der Waals surface area contributed by atoms with Gasteiger partial charge in [-0.05, 0) is 73.3 Å². The van der Waals surface area contributed by atoms with E-state index in [4.69, 9.17) is 0 Å². The summed E-state index contributed by atoms with van der Waals surface area (Å²) in [6.45, 7) is 1.89. The number of amides is 1. The number of carbonyl (C=O) groups is 1. The summed E-state index contributed by atoms with van der Waals surface area (Å²) in [5, 5.41) is 1.31. The van der Waals surface area contributed by atoms with Crippen LogP contribution in [0.25, 0.3) is 22.0 Å². The molecule has 1 N–H and O–H groups in total. The van der Waals surface area contributed by atoms with Crippen molar-refractivity contribution in [2.24, 2.45) is 0 Å². The van der Waals surface area contributed by atoms with Crippen LogP contribution in [-0.2, 0) is 13.0 Å². The van der Waals surface area contributed by atoms with Crippen LogP contribution in [0.2, 0.25) is 0 Å². The Bertz CT molecular complexity index is 1040. The highest BCUT2D eigenvalue weighted by Crippen LogP contribution is 2.34. The molecule has 0 spiro atoms. The minimum atomic E-state index is 0.125. The molecule has 0 aliphatic carbocycles. The lowest BCUT2D eigenvalue weighted by molar-refractivity contribution is 0.0816. The second-order valence-corrected chi connectivity index (χ2v) is 8.05. The zero-order valence-electron chi connectivity index (χ0n) is 16.0. The van der Waals surface area contributed by atoms with Gasteiger partial charge in [-0.15, -0.1) is 0 Å². The topological polar surface area (TPSA) is 39.3 Å². The molecule has 3 aromatic rings. The largest absolute Gasteiger partial charge is 0.361 e. The molecule has 0 bridgehead atoms. The van der Waals surface area contributed by atoms with Crippen LogP contribution in [0.5, 0.6) is 0 Å². The Labute approximate surface area is 159 Å². The molecule has 1 saturated heterocycles. The number of aromatic nitrogens is 1. The predicted octanol–water partition coefficient (Wildman–Crippen LogP) is 4.06. The monoisotopic (exact) mass is 359 g/mol. The summed E-state index contributed by atoms with van der Waals surface area (Å²) >= 11 is 0. The van der Waals surface area contributed by atoms with E-state index in [0.717, 1.165) is 17.5 Å². The van der Waals surface area contributed by atoms with Crippen molar-refractivity contribution in [1.82, 2.24) is 14.8 Å². The molecule has 2 aliphatic rings. The van der Waals surface area contributed by atoms with Crippen molar-refractivity contribution in [2.75, 3.05) is 20.6 Å². The third-order valence-electron chi connectivity index (χ3n) is 6.35. The number of likely N-dealkylation sites (tertiary alicyclic amines) is 1. The van der Waals surface area contributed by atoms with Crippen LogP contribution in [0.15, 0.2) is 42.6 Å². The molecule has 1 atom stereocenters. The number of H-pyrrole nitrogens is 1. The van der Waals surface area contributed by atoms with E-state index in [9.17, 15) is 4.79 Å². The SMILES string of the molecule is CN1Cc2c(cccc2-c2ccc3[nH]cc(C[C@@H]4CCCN4C)c3c2)C1=O. The maximum atomic E-state index is 12.3. The second-order valence-electron chi connectivity index (χ2n) is 8.05. The van der Waals surface area contributed by atoms with E-state index in [-0.39, 0.29) is 5.91 Å². The van der Waals surface area contributed by atoms with E-state index in [1.54, 1.807) is 4.90 Å². The van der Waals surface area contributed by atoms with Gasteiger partial charge in [0.05, 0.1) is 0 Å². The number of hydrogen-bond donors (Lipinski definition) is 1. The van der Waals surface area contributed by atoms with Crippen LogP contribution < -0.4 is 0 Å². The molecule has 5 rings (SSSR count). The summed E-state index contributed by atoms with van der Waals surface area (Å²) in [5.74, 6) is 0.125. The van der Waals surface area contributed by atoms with Crippen molar-refractivity contribution in [1.29, 1.82) is 0 Å². The summed E-state index contributed by atoms with van der Waals surface area (Å²) in [6, 6.07) is 13.4. The molecule has 1 aromatic heterocycles. The molecule has 4 heteroatoms. The first-order valence-electron chi connectivity index (χ1n) is 9.80. The number of nitrogens with one attached hydrogen (secondary N) is 1. The molecule has 0 unspecified atom stereocenters. The van der Waals surface area contributed by atoms with Crippen LogP contribution in [0.4, 0.5) is 0 Å². The van der Waals surface area contributed by atoms with E-state index < -0.39 is 0 Å². The van der Waals surface area contributed by atoms with E-state index in [1.807, 2.05) is 19.2 Å². The Hall–Kier alpha value is -2.59. The molecule has 0 saturated carbocycles. The third-order valence-corrected chi connectivity index (χ3v) is 6.35. The van der Waals surface area contributed by atoms with Crippen molar-refractivity contribution in [3.63, 3.8) is 0 Å². The van der Waals surface area contributed by atoms with Gasteiger partial charge in [0.25, 0.3) is 5.91 Å². The van der Waals surface area contributed by atoms with Crippen LogP contribution in [-0.4, -0.2) is 47.4 Å². The molecule has 3 heterocycles. The van der Waals surface area contributed by atoms with Gasteiger partial charge in [0.1, 0.15) is 0 Å². The molecule has 4 nitrogen and oxygen atoms in total. The standard InChI is InChI=1S/C23H25N3O/c1-25-10-4-5-17(25)11-16-13-24-22-9-8-15(12-20(16)22)18-6-3-7-19-21(18)14-26(2)23(19)27/h3,6-9,12-13,17,24H,4-5,10-11,14H2,1-2H3/t17-/m0/s1. The summed E-state index contributed by atoms with van der Waals surface area (Å²) < 4.78 is 0. The average Bonchev–Trinajstić information content (AvgIpc) is 3.35. The number of fused-ring (bicyclic) bond motifs is 2. The zero-order chi connectivity index (χ0) is 18.5. The molecular formula is C23H25N3O. The lowest BCUT2D eigenvalue weighted by Crippen LogP contribution is -2.26. The van der Waals surface area contributed by atoms with Gasteiger partial charge >= 0.3 is 0 Å². The summed E-state index contributed by atoms with van der Waals surface area (Å²) in [6.07, 6.45) is 5.84. The predicted molar refractivity (Wildman–Crippen MR) is 109 cm³/mol. The van der Waals surface area contributed by atoms with Crippen molar-refractivity contribution in [3.05, 3.63) is 59.3 Å². The molecule has 0 radical (unpaired) electrons. The highest BCUT2D eigenvalue weighted by molar-refractivity contribution is 6.01. The zero-order valence-corrected chi connectivity index (χ0v) is 16.0. The number of benzene rings is 2. The maximum Gasteiger partial charge on any atom is 0.254 e. The third kappa shape index (κ3) is 2.67. The molecule has 1 amide bonds. The van der Waals surface area contributed by atoms with Crippen LogP contribution >= 0.6 is 0 Å². The summed E-state index contributed by atoms with van der Waals surface area (Å²) in [4.78, 5) is 20.1. The lowest BCUT2D eigenvalue weighted by atomic mass is 9.95. The quantitative estimate of drug-likeness (QED) is 0.766. The first-order valence-corrected chi connectivity index (χ1v) is 9.80. The summed E-state index contributed by atoms with van der Waals surface area (Å²) in [5.41, 5.74) is 6.95. The number of aromatic amines is 1. The molecule has 1 fully saturated rings. The highest BCUT2D eigenvalue weighted by Gasteiger charge is 2.27. The Balaban J connectivity index is 1.56. The van der Waals surface area contributed by atoms with Gasteiger partial charge in [-0.1, -0.05) is 18.2 Å². The summed E-state index contributed by atoms with van der Waals surface area (Å²) in [7, 11) is 4.11. The molecular weight excluding hydrogens is 334 g/mol. The van der Waals surface area contributed by atoms with Crippen LogP contribution in [0, 0.1) is 0 Å². The van der Waals surface area contributed by atoms with Gasteiger partial charge in [-0.2, -0.15) is 0 Å². The van der Waals surface area contributed by atoms with Crippen molar-refractivity contribution >= 4 is 16.8 Å². The van der Waals surface area contributed by atoms with Gasteiger partial charge in [-0.3, -0.25) is 4.79 Å². The maximum absolute atomic E-state index is 12.3. The molecule has 138 valence electrons. The van der Waals surface area contributed by atoms with Gasteiger partial charge in [0, 0.05) is 42.3 Å². The van der Waals surface area contributed by atoms with E-state index in [1.165, 1.54) is 47.0 Å². The number of nitrogens with zero attached hydrogens (tertiary/aromatic N) is 2. The Morgan fingerprint density at radius 1 is 1.15 bits per heavy atom. The fraction of sp³-hybridized carbons (Fsp3) is 0.348. The smallest absolute Gasteiger partial charge is 0.254 e. The van der Waals surface area contributed by atoms with Gasteiger partial charge in [0.15, 0.2) is 0 Å². The van der Waals surface area contributed by atoms with Gasteiger partial charge in [-0.25, -0.2) is 0 Å². The normalized spacial score (nSPS) is 20.0. The fourth-order valence-corrected chi connectivity index (χ4v) is 4.75.